The standard InChI is InChI=1S/C28H29N3O2/c1-3-15-30-16-17-31(28(33)26-13-6-7-14-29-26)20-24(27(30)32)19-22-10-8-11-23(18-22)25-12-5-4-9-21(25)2/h3-14,18,24H,1,15-17,19-20H2,2H3. The van der Waals surface area contributed by atoms with Crippen molar-refractivity contribution in [2.45, 2.75) is 13.3 Å². The van der Waals surface area contributed by atoms with Crippen molar-refractivity contribution in [3.8, 4) is 11.1 Å². The Balaban J connectivity index is 1.60. The second-order valence-electron chi connectivity index (χ2n) is 8.46. The number of aryl methyl sites for hydroxylation is 1. The first kappa shape index (κ1) is 22.5. The van der Waals surface area contributed by atoms with E-state index < -0.39 is 0 Å². The molecule has 0 aliphatic carbocycles. The first-order valence-corrected chi connectivity index (χ1v) is 11.3. The molecule has 1 saturated heterocycles. The van der Waals surface area contributed by atoms with E-state index in [0.29, 0.717) is 38.3 Å². The molecule has 4 rings (SSSR count). The van der Waals surface area contributed by atoms with Crippen molar-refractivity contribution in [3.63, 3.8) is 0 Å². The van der Waals surface area contributed by atoms with Gasteiger partial charge in [-0.05, 0) is 47.7 Å². The molecule has 2 amide bonds. The van der Waals surface area contributed by atoms with E-state index in [9.17, 15) is 9.59 Å². The van der Waals surface area contributed by atoms with Gasteiger partial charge in [0.15, 0.2) is 0 Å². The lowest BCUT2D eigenvalue weighted by Gasteiger charge is -2.23. The molecule has 2 heterocycles. The van der Waals surface area contributed by atoms with Crippen LogP contribution in [-0.2, 0) is 11.2 Å². The normalized spacial score (nSPS) is 16.4. The zero-order valence-corrected chi connectivity index (χ0v) is 19.0. The molecule has 0 bridgehead atoms. The van der Waals surface area contributed by atoms with Crippen molar-refractivity contribution in [1.29, 1.82) is 0 Å². The summed E-state index contributed by atoms with van der Waals surface area (Å²) >= 11 is 0. The van der Waals surface area contributed by atoms with Gasteiger partial charge in [0.1, 0.15) is 5.69 Å². The van der Waals surface area contributed by atoms with Crippen LogP contribution in [0.2, 0.25) is 0 Å². The second kappa shape index (κ2) is 10.3. The SMILES string of the molecule is C=CCN1CCN(C(=O)c2ccccn2)CC(Cc2cccc(-c3ccccc3C)c2)C1=O. The molecule has 1 fully saturated rings. The summed E-state index contributed by atoms with van der Waals surface area (Å²) in [7, 11) is 0. The van der Waals surface area contributed by atoms with Crippen LogP contribution in [0.4, 0.5) is 0 Å². The Kier molecular flexibility index (Phi) is 6.98. The fourth-order valence-corrected chi connectivity index (χ4v) is 4.42. The number of rotatable bonds is 6. The number of amides is 2. The van der Waals surface area contributed by atoms with Crippen molar-refractivity contribution >= 4 is 11.8 Å². The van der Waals surface area contributed by atoms with Crippen LogP contribution in [0.3, 0.4) is 0 Å². The smallest absolute Gasteiger partial charge is 0.272 e. The van der Waals surface area contributed by atoms with Gasteiger partial charge in [-0.3, -0.25) is 14.6 Å². The summed E-state index contributed by atoms with van der Waals surface area (Å²) in [6.45, 7) is 7.72. The third kappa shape index (κ3) is 5.20. The quantitative estimate of drug-likeness (QED) is 0.536. The molecule has 0 saturated carbocycles. The number of carbonyl (C=O) groups is 2. The number of aromatic nitrogens is 1. The highest BCUT2D eigenvalue weighted by Crippen LogP contribution is 2.26. The van der Waals surface area contributed by atoms with Crippen LogP contribution < -0.4 is 0 Å². The molecule has 5 heteroatoms. The maximum atomic E-state index is 13.4. The molecular formula is C28H29N3O2. The minimum absolute atomic E-state index is 0.0625. The van der Waals surface area contributed by atoms with Gasteiger partial charge in [-0.1, -0.05) is 60.7 Å². The fraction of sp³-hybridized carbons (Fsp3) is 0.250. The van der Waals surface area contributed by atoms with Crippen molar-refractivity contribution < 1.29 is 9.59 Å². The van der Waals surface area contributed by atoms with Gasteiger partial charge in [0, 0.05) is 32.4 Å². The van der Waals surface area contributed by atoms with Gasteiger partial charge in [-0.25, -0.2) is 0 Å². The minimum atomic E-state index is -0.327. The van der Waals surface area contributed by atoms with E-state index in [1.54, 1.807) is 34.2 Å². The maximum Gasteiger partial charge on any atom is 0.272 e. The van der Waals surface area contributed by atoms with E-state index in [1.165, 1.54) is 11.1 Å². The number of benzene rings is 2. The summed E-state index contributed by atoms with van der Waals surface area (Å²) in [5.74, 6) is -0.401. The summed E-state index contributed by atoms with van der Waals surface area (Å²) < 4.78 is 0. The lowest BCUT2D eigenvalue weighted by atomic mass is 9.93. The lowest BCUT2D eigenvalue weighted by molar-refractivity contribution is -0.134. The topological polar surface area (TPSA) is 53.5 Å². The molecule has 33 heavy (non-hydrogen) atoms. The summed E-state index contributed by atoms with van der Waals surface area (Å²) in [4.78, 5) is 34.3. The molecule has 0 N–H and O–H groups in total. The van der Waals surface area contributed by atoms with Crippen molar-refractivity contribution in [1.82, 2.24) is 14.8 Å². The van der Waals surface area contributed by atoms with E-state index in [-0.39, 0.29) is 17.7 Å². The van der Waals surface area contributed by atoms with Gasteiger partial charge in [0.25, 0.3) is 5.91 Å². The van der Waals surface area contributed by atoms with E-state index in [0.717, 1.165) is 11.1 Å². The molecule has 5 nitrogen and oxygen atoms in total. The Hall–Kier alpha value is -3.73. The van der Waals surface area contributed by atoms with Crippen LogP contribution in [0.5, 0.6) is 0 Å². The van der Waals surface area contributed by atoms with Gasteiger partial charge in [-0.15, -0.1) is 6.58 Å². The molecule has 1 unspecified atom stereocenters. The largest absolute Gasteiger partial charge is 0.337 e. The van der Waals surface area contributed by atoms with Crippen LogP contribution in [0, 0.1) is 12.8 Å². The van der Waals surface area contributed by atoms with Crippen molar-refractivity contribution in [3.05, 3.63) is 102 Å². The Morgan fingerprint density at radius 3 is 2.67 bits per heavy atom. The van der Waals surface area contributed by atoms with Gasteiger partial charge < -0.3 is 9.80 Å². The maximum absolute atomic E-state index is 13.4. The summed E-state index contributed by atoms with van der Waals surface area (Å²) in [5, 5.41) is 0. The summed E-state index contributed by atoms with van der Waals surface area (Å²) in [6, 6.07) is 22.0. The lowest BCUT2D eigenvalue weighted by Crippen LogP contribution is -2.38. The highest BCUT2D eigenvalue weighted by molar-refractivity contribution is 5.93. The number of hydrogen-bond donors (Lipinski definition) is 0. The van der Waals surface area contributed by atoms with Gasteiger partial charge >= 0.3 is 0 Å². The zero-order valence-electron chi connectivity index (χ0n) is 19.0. The molecule has 3 aromatic rings. The second-order valence-corrected chi connectivity index (χ2v) is 8.46. The van der Waals surface area contributed by atoms with Crippen LogP contribution in [0.1, 0.15) is 21.6 Å². The van der Waals surface area contributed by atoms with Crippen molar-refractivity contribution in [2.24, 2.45) is 5.92 Å². The monoisotopic (exact) mass is 439 g/mol. The first-order valence-electron chi connectivity index (χ1n) is 11.3. The molecule has 1 aromatic heterocycles. The highest BCUT2D eigenvalue weighted by atomic mass is 16.2. The molecule has 1 aliphatic heterocycles. The predicted molar refractivity (Wildman–Crippen MR) is 131 cm³/mol. The van der Waals surface area contributed by atoms with E-state index in [4.69, 9.17) is 0 Å². The third-order valence-corrected chi connectivity index (χ3v) is 6.13. The van der Waals surface area contributed by atoms with E-state index in [1.807, 2.05) is 24.3 Å². The average molecular weight is 440 g/mol. The first-order chi connectivity index (χ1) is 16.1. The van der Waals surface area contributed by atoms with Crippen LogP contribution >= 0.6 is 0 Å². The van der Waals surface area contributed by atoms with Crippen molar-refractivity contribution in [2.75, 3.05) is 26.2 Å². The predicted octanol–water partition coefficient (Wildman–Crippen LogP) is 4.39. The molecular weight excluding hydrogens is 410 g/mol. The summed E-state index contributed by atoms with van der Waals surface area (Å²) in [6.07, 6.45) is 3.93. The van der Waals surface area contributed by atoms with E-state index >= 15 is 0 Å². The molecule has 1 atom stereocenters. The molecule has 168 valence electrons. The van der Waals surface area contributed by atoms with Crippen LogP contribution in [0.25, 0.3) is 11.1 Å². The van der Waals surface area contributed by atoms with E-state index in [2.05, 4.69) is 48.8 Å². The Bertz CT molecular complexity index is 1140. The number of pyridine rings is 1. The molecule has 0 radical (unpaired) electrons. The van der Waals surface area contributed by atoms with Crippen LogP contribution in [-0.4, -0.2) is 52.8 Å². The zero-order chi connectivity index (χ0) is 23.2. The Labute approximate surface area is 195 Å². The fourth-order valence-electron chi connectivity index (χ4n) is 4.42. The van der Waals surface area contributed by atoms with Gasteiger partial charge in [0.2, 0.25) is 5.91 Å². The molecule has 1 aliphatic rings. The Morgan fingerprint density at radius 1 is 1.09 bits per heavy atom. The third-order valence-electron chi connectivity index (χ3n) is 6.13. The number of carbonyl (C=O) groups excluding carboxylic acids is 2. The number of hydrogen-bond acceptors (Lipinski definition) is 3. The minimum Gasteiger partial charge on any atom is -0.337 e. The number of nitrogens with zero attached hydrogens (tertiary/aromatic N) is 3. The molecule has 0 spiro atoms. The Morgan fingerprint density at radius 2 is 1.91 bits per heavy atom. The van der Waals surface area contributed by atoms with Gasteiger partial charge in [-0.2, -0.15) is 0 Å². The van der Waals surface area contributed by atoms with Gasteiger partial charge in [0.05, 0.1) is 5.92 Å². The summed E-state index contributed by atoms with van der Waals surface area (Å²) in [5.41, 5.74) is 5.02. The highest BCUT2D eigenvalue weighted by Gasteiger charge is 2.32. The molecule has 2 aromatic carbocycles. The average Bonchev–Trinajstić information content (AvgIpc) is 2.99. The van der Waals surface area contributed by atoms with Crippen LogP contribution in [0.15, 0.2) is 85.6 Å².